The molecule has 2 amide bonds. The van der Waals surface area contributed by atoms with Crippen LogP contribution in [0.1, 0.15) is 13.8 Å². The Morgan fingerprint density at radius 2 is 2.33 bits per heavy atom. The lowest BCUT2D eigenvalue weighted by Gasteiger charge is -2.27. The van der Waals surface area contributed by atoms with Crippen LogP contribution in [0.4, 0.5) is 4.79 Å². The lowest BCUT2D eigenvalue weighted by Crippen LogP contribution is -2.40. The Labute approximate surface area is 73.1 Å². The summed E-state index contributed by atoms with van der Waals surface area (Å²) in [5.74, 6) is 0. The fourth-order valence-electron chi connectivity index (χ4n) is 1.24. The van der Waals surface area contributed by atoms with E-state index in [1.807, 2.05) is 4.90 Å². The SMILES string of the molecule is CC(C)(CN)CN1CCNC1=O. The van der Waals surface area contributed by atoms with Gasteiger partial charge in [0.05, 0.1) is 0 Å². The van der Waals surface area contributed by atoms with E-state index in [1.54, 1.807) is 0 Å². The van der Waals surface area contributed by atoms with E-state index in [0.29, 0.717) is 6.54 Å². The Bertz CT molecular complexity index is 179. The van der Waals surface area contributed by atoms with Crippen LogP contribution in [0.3, 0.4) is 0 Å². The van der Waals surface area contributed by atoms with Crippen molar-refractivity contribution in [1.82, 2.24) is 10.2 Å². The second kappa shape index (κ2) is 3.31. The molecule has 1 saturated heterocycles. The largest absolute Gasteiger partial charge is 0.336 e. The van der Waals surface area contributed by atoms with Gasteiger partial charge >= 0.3 is 6.03 Å². The Hall–Kier alpha value is -0.770. The van der Waals surface area contributed by atoms with Crippen LogP contribution in [-0.2, 0) is 0 Å². The van der Waals surface area contributed by atoms with Gasteiger partial charge in [-0.3, -0.25) is 0 Å². The van der Waals surface area contributed by atoms with Gasteiger partial charge in [0.2, 0.25) is 0 Å². The van der Waals surface area contributed by atoms with Crippen LogP contribution in [0.5, 0.6) is 0 Å². The highest BCUT2D eigenvalue weighted by Crippen LogP contribution is 2.15. The van der Waals surface area contributed by atoms with Crippen molar-refractivity contribution in [3.8, 4) is 0 Å². The van der Waals surface area contributed by atoms with Gasteiger partial charge in [0.25, 0.3) is 0 Å². The molecule has 0 bridgehead atoms. The predicted octanol–water partition coefficient (Wildman–Crippen LogP) is -0.00350. The van der Waals surface area contributed by atoms with Crippen molar-refractivity contribution < 1.29 is 4.79 Å². The summed E-state index contributed by atoms with van der Waals surface area (Å²) < 4.78 is 0. The van der Waals surface area contributed by atoms with Crippen molar-refractivity contribution in [1.29, 1.82) is 0 Å². The highest BCUT2D eigenvalue weighted by molar-refractivity contribution is 5.76. The molecule has 12 heavy (non-hydrogen) atoms. The summed E-state index contributed by atoms with van der Waals surface area (Å²) in [6.07, 6.45) is 0. The van der Waals surface area contributed by atoms with Gasteiger partial charge in [0, 0.05) is 19.6 Å². The van der Waals surface area contributed by atoms with Gasteiger partial charge < -0.3 is 16.0 Å². The smallest absolute Gasteiger partial charge is 0.317 e. The molecule has 0 saturated carbocycles. The van der Waals surface area contributed by atoms with E-state index < -0.39 is 0 Å². The minimum Gasteiger partial charge on any atom is -0.336 e. The summed E-state index contributed by atoms with van der Waals surface area (Å²) in [4.78, 5) is 13.0. The molecule has 0 unspecified atom stereocenters. The Morgan fingerprint density at radius 3 is 2.75 bits per heavy atom. The molecule has 1 heterocycles. The van der Waals surface area contributed by atoms with Crippen LogP contribution < -0.4 is 11.1 Å². The van der Waals surface area contributed by atoms with Crippen LogP contribution in [0.15, 0.2) is 0 Å². The first kappa shape index (κ1) is 9.32. The molecule has 0 aromatic rings. The average molecular weight is 171 g/mol. The summed E-state index contributed by atoms with van der Waals surface area (Å²) in [7, 11) is 0. The van der Waals surface area contributed by atoms with Crippen molar-refractivity contribution in [2.45, 2.75) is 13.8 Å². The number of carbonyl (C=O) groups is 1. The van der Waals surface area contributed by atoms with Gasteiger partial charge in [-0.2, -0.15) is 0 Å². The molecule has 0 aliphatic carbocycles. The van der Waals surface area contributed by atoms with Crippen LogP contribution in [0.25, 0.3) is 0 Å². The molecule has 3 N–H and O–H groups in total. The van der Waals surface area contributed by atoms with Crippen molar-refractivity contribution >= 4 is 6.03 Å². The lowest BCUT2D eigenvalue weighted by molar-refractivity contribution is 0.191. The van der Waals surface area contributed by atoms with Crippen LogP contribution >= 0.6 is 0 Å². The van der Waals surface area contributed by atoms with Crippen molar-refractivity contribution in [2.75, 3.05) is 26.2 Å². The van der Waals surface area contributed by atoms with E-state index in [0.717, 1.165) is 19.6 Å². The minimum absolute atomic E-state index is 0.0294. The first-order valence-corrected chi connectivity index (χ1v) is 4.28. The molecule has 0 aromatic carbocycles. The number of urea groups is 1. The third-order valence-corrected chi connectivity index (χ3v) is 2.12. The van der Waals surface area contributed by atoms with Gasteiger partial charge in [0.1, 0.15) is 0 Å². The summed E-state index contributed by atoms with van der Waals surface area (Å²) in [5, 5.41) is 2.76. The van der Waals surface area contributed by atoms with Gasteiger partial charge in [0.15, 0.2) is 0 Å². The average Bonchev–Trinajstić information content (AvgIpc) is 2.36. The highest BCUT2D eigenvalue weighted by atomic mass is 16.2. The number of nitrogens with two attached hydrogens (primary N) is 1. The molecule has 1 aliphatic rings. The molecule has 1 rings (SSSR count). The van der Waals surface area contributed by atoms with E-state index >= 15 is 0 Å². The second-order valence-electron chi connectivity index (χ2n) is 4.02. The molecule has 0 spiro atoms. The number of hydrogen-bond donors (Lipinski definition) is 2. The molecule has 4 nitrogen and oxygen atoms in total. The maximum absolute atomic E-state index is 11.1. The third kappa shape index (κ3) is 2.11. The number of carbonyl (C=O) groups excluding carboxylic acids is 1. The summed E-state index contributed by atoms with van der Waals surface area (Å²) in [6, 6.07) is 0.0384. The van der Waals surface area contributed by atoms with E-state index in [1.165, 1.54) is 0 Å². The van der Waals surface area contributed by atoms with Gasteiger partial charge in [-0.25, -0.2) is 4.79 Å². The number of nitrogens with one attached hydrogen (secondary N) is 1. The van der Waals surface area contributed by atoms with Gasteiger partial charge in [-0.05, 0) is 12.0 Å². The van der Waals surface area contributed by atoms with Crippen molar-refractivity contribution in [2.24, 2.45) is 11.1 Å². The zero-order valence-corrected chi connectivity index (χ0v) is 7.76. The Balaban J connectivity index is 2.45. The monoisotopic (exact) mass is 171 g/mol. The third-order valence-electron chi connectivity index (χ3n) is 2.12. The molecular weight excluding hydrogens is 154 g/mol. The van der Waals surface area contributed by atoms with Crippen molar-refractivity contribution in [3.63, 3.8) is 0 Å². The number of amides is 2. The molecule has 0 radical (unpaired) electrons. The summed E-state index contributed by atoms with van der Waals surface area (Å²) in [6.45, 7) is 7.06. The fraction of sp³-hybridized carbons (Fsp3) is 0.875. The molecular formula is C8H17N3O. The minimum atomic E-state index is 0.0294. The van der Waals surface area contributed by atoms with Crippen LogP contribution in [0.2, 0.25) is 0 Å². The summed E-state index contributed by atoms with van der Waals surface area (Å²) in [5.41, 5.74) is 5.60. The van der Waals surface area contributed by atoms with E-state index in [-0.39, 0.29) is 11.4 Å². The van der Waals surface area contributed by atoms with Crippen LogP contribution in [-0.4, -0.2) is 37.1 Å². The number of hydrogen-bond acceptors (Lipinski definition) is 2. The standard InChI is InChI=1S/C8H17N3O/c1-8(2,5-9)6-11-4-3-10-7(11)12/h3-6,9H2,1-2H3,(H,10,12). The Morgan fingerprint density at radius 1 is 1.67 bits per heavy atom. The van der Waals surface area contributed by atoms with E-state index in [4.69, 9.17) is 5.73 Å². The van der Waals surface area contributed by atoms with E-state index in [9.17, 15) is 4.79 Å². The number of rotatable bonds is 3. The molecule has 1 fully saturated rings. The maximum Gasteiger partial charge on any atom is 0.317 e. The second-order valence-corrected chi connectivity index (χ2v) is 4.02. The van der Waals surface area contributed by atoms with E-state index in [2.05, 4.69) is 19.2 Å². The first-order chi connectivity index (χ1) is 5.55. The molecule has 70 valence electrons. The predicted molar refractivity (Wildman–Crippen MR) is 47.8 cm³/mol. The highest BCUT2D eigenvalue weighted by Gasteiger charge is 2.26. The Kier molecular flexibility index (Phi) is 2.57. The normalized spacial score (nSPS) is 18.2. The molecule has 0 aromatic heterocycles. The maximum atomic E-state index is 11.1. The quantitative estimate of drug-likeness (QED) is 0.627. The molecule has 4 heteroatoms. The summed E-state index contributed by atoms with van der Waals surface area (Å²) >= 11 is 0. The van der Waals surface area contributed by atoms with Gasteiger partial charge in [-0.15, -0.1) is 0 Å². The van der Waals surface area contributed by atoms with Gasteiger partial charge in [-0.1, -0.05) is 13.8 Å². The topological polar surface area (TPSA) is 58.4 Å². The number of nitrogens with zero attached hydrogens (tertiary/aromatic N) is 1. The molecule has 0 atom stereocenters. The first-order valence-electron chi connectivity index (χ1n) is 4.28. The lowest BCUT2D eigenvalue weighted by atomic mass is 9.93. The zero-order valence-electron chi connectivity index (χ0n) is 7.76. The van der Waals surface area contributed by atoms with Crippen LogP contribution in [0, 0.1) is 5.41 Å². The zero-order chi connectivity index (χ0) is 9.19. The fourth-order valence-corrected chi connectivity index (χ4v) is 1.24. The van der Waals surface area contributed by atoms with Crippen molar-refractivity contribution in [3.05, 3.63) is 0 Å². The molecule has 1 aliphatic heterocycles.